The summed E-state index contributed by atoms with van der Waals surface area (Å²) < 4.78 is 27.2. The number of hydrogen-bond acceptors (Lipinski definition) is 4. The van der Waals surface area contributed by atoms with Crippen molar-refractivity contribution in [3.05, 3.63) is 59.1 Å². The zero-order chi connectivity index (χ0) is 21.4. The van der Waals surface area contributed by atoms with Gasteiger partial charge in [0.05, 0.1) is 10.3 Å². The molecule has 8 heteroatoms. The lowest BCUT2D eigenvalue weighted by Gasteiger charge is -2.40. The van der Waals surface area contributed by atoms with Crippen molar-refractivity contribution in [3.63, 3.8) is 0 Å². The third-order valence-electron chi connectivity index (χ3n) is 6.25. The highest BCUT2D eigenvalue weighted by molar-refractivity contribution is 7.89. The first-order valence-electron chi connectivity index (χ1n) is 10.2. The number of sulfonamides is 1. The second-order valence-corrected chi connectivity index (χ2v) is 10.5. The summed E-state index contributed by atoms with van der Waals surface area (Å²) in [6, 6.07) is 13.9. The quantitative estimate of drug-likeness (QED) is 0.763. The third kappa shape index (κ3) is 3.99. The van der Waals surface area contributed by atoms with E-state index in [2.05, 4.69) is 10.2 Å². The van der Waals surface area contributed by atoms with Crippen molar-refractivity contribution >= 4 is 33.2 Å². The molecule has 2 aromatic rings. The summed E-state index contributed by atoms with van der Waals surface area (Å²) in [5.41, 5.74) is 1.01. The summed E-state index contributed by atoms with van der Waals surface area (Å²) in [4.78, 5) is 15.5. The minimum Gasteiger partial charge on any atom is -0.325 e. The van der Waals surface area contributed by atoms with Crippen LogP contribution < -0.4 is 5.32 Å². The van der Waals surface area contributed by atoms with E-state index < -0.39 is 15.4 Å². The molecule has 1 saturated carbocycles. The van der Waals surface area contributed by atoms with Crippen LogP contribution in [0.25, 0.3) is 0 Å². The van der Waals surface area contributed by atoms with E-state index in [-0.39, 0.29) is 10.8 Å². The van der Waals surface area contributed by atoms with Crippen LogP contribution >= 0.6 is 11.6 Å². The van der Waals surface area contributed by atoms with Crippen LogP contribution in [0.5, 0.6) is 0 Å². The molecule has 1 heterocycles. The molecule has 0 unspecified atom stereocenters. The third-order valence-corrected chi connectivity index (χ3v) is 8.42. The summed E-state index contributed by atoms with van der Waals surface area (Å²) in [6.07, 6.45) is 2.57. The SMILES string of the molecule is CN1CCN(S(=O)(=O)c2ccc(NC(=O)C3(c4ccc(Cl)cc4)CCC3)cc2)CC1. The molecule has 1 saturated heterocycles. The number of amides is 1. The fraction of sp³-hybridized carbons (Fsp3) is 0.409. The molecule has 1 aliphatic carbocycles. The number of anilines is 1. The molecule has 2 fully saturated rings. The average molecular weight is 448 g/mol. The van der Waals surface area contributed by atoms with Gasteiger partial charge in [-0.1, -0.05) is 30.2 Å². The number of likely N-dealkylation sites (N-methyl/N-ethyl adjacent to an activating group) is 1. The van der Waals surface area contributed by atoms with Gasteiger partial charge in [0.2, 0.25) is 15.9 Å². The van der Waals surface area contributed by atoms with Gasteiger partial charge in [0, 0.05) is 36.9 Å². The van der Waals surface area contributed by atoms with E-state index in [0.29, 0.717) is 23.8 Å². The second-order valence-electron chi connectivity index (χ2n) is 8.13. The van der Waals surface area contributed by atoms with Crippen LogP contribution in [-0.4, -0.2) is 56.8 Å². The second kappa shape index (κ2) is 8.30. The first-order valence-corrected chi connectivity index (χ1v) is 12.0. The van der Waals surface area contributed by atoms with Crippen molar-refractivity contribution in [2.75, 3.05) is 38.5 Å². The Hall–Kier alpha value is -1.93. The van der Waals surface area contributed by atoms with Crippen LogP contribution in [0.4, 0.5) is 5.69 Å². The highest BCUT2D eigenvalue weighted by Crippen LogP contribution is 2.44. The highest BCUT2D eigenvalue weighted by atomic mass is 35.5. The van der Waals surface area contributed by atoms with Gasteiger partial charge in [-0.2, -0.15) is 4.31 Å². The highest BCUT2D eigenvalue weighted by Gasteiger charge is 2.45. The topological polar surface area (TPSA) is 69.7 Å². The Balaban J connectivity index is 1.48. The van der Waals surface area contributed by atoms with E-state index in [1.165, 1.54) is 4.31 Å². The van der Waals surface area contributed by atoms with Crippen LogP contribution in [0.2, 0.25) is 5.02 Å². The number of rotatable bonds is 5. The van der Waals surface area contributed by atoms with Crippen molar-refractivity contribution < 1.29 is 13.2 Å². The van der Waals surface area contributed by atoms with Crippen LogP contribution in [-0.2, 0) is 20.2 Å². The van der Waals surface area contributed by atoms with Crippen molar-refractivity contribution in [2.45, 2.75) is 29.6 Å². The lowest BCUT2D eigenvalue weighted by molar-refractivity contribution is -0.124. The van der Waals surface area contributed by atoms with Gasteiger partial charge in [0.15, 0.2) is 0 Å². The minimum atomic E-state index is -3.52. The Morgan fingerprint density at radius 1 is 0.967 bits per heavy atom. The number of nitrogens with one attached hydrogen (secondary N) is 1. The molecular weight excluding hydrogens is 422 g/mol. The Morgan fingerprint density at radius 2 is 1.57 bits per heavy atom. The largest absolute Gasteiger partial charge is 0.325 e. The fourth-order valence-electron chi connectivity index (χ4n) is 4.08. The van der Waals surface area contributed by atoms with E-state index in [1.54, 1.807) is 24.3 Å². The van der Waals surface area contributed by atoms with Gasteiger partial charge in [0.25, 0.3) is 0 Å². The lowest BCUT2D eigenvalue weighted by atomic mass is 9.64. The number of nitrogens with zero attached hydrogens (tertiary/aromatic N) is 2. The predicted octanol–water partition coefficient (Wildman–Crippen LogP) is 3.34. The van der Waals surface area contributed by atoms with Gasteiger partial charge in [-0.3, -0.25) is 4.79 Å². The molecule has 0 radical (unpaired) electrons. The van der Waals surface area contributed by atoms with Gasteiger partial charge in [-0.25, -0.2) is 8.42 Å². The van der Waals surface area contributed by atoms with Crippen molar-refractivity contribution in [2.24, 2.45) is 0 Å². The number of benzene rings is 2. The molecule has 0 bridgehead atoms. The van der Waals surface area contributed by atoms with E-state index in [9.17, 15) is 13.2 Å². The Kier molecular flexibility index (Phi) is 5.90. The summed E-state index contributed by atoms with van der Waals surface area (Å²) in [5.74, 6) is -0.0641. The zero-order valence-corrected chi connectivity index (χ0v) is 18.5. The number of piperazine rings is 1. The van der Waals surface area contributed by atoms with Crippen LogP contribution in [0.15, 0.2) is 53.4 Å². The van der Waals surface area contributed by atoms with Gasteiger partial charge in [-0.15, -0.1) is 0 Å². The maximum atomic E-state index is 13.1. The number of carbonyl (C=O) groups is 1. The molecule has 0 aromatic heterocycles. The number of carbonyl (C=O) groups excluding carboxylic acids is 1. The summed E-state index contributed by atoms with van der Waals surface area (Å²) in [7, 11) is -1.53. The number of hydrogen-bond donors (Lipinski definition) is 1. The standard InChI is InChI=1S/C22H26ClN3O3S/c1-25-13-15-26(16-14-25)30(28,29)20-9-7-19(8-10-20)24-21(27)22(11-2-12-22)17-3-5-18(23)6-4-17/h3-10H,2,11-16H2,1H3,(H,24,27). The monoisotopic (exact) mass is 447 g/mol. The lowest BCUT2D eigenvalue weighted by Crippen LogP contribution is -2.47. The smallest absolute Gasteiger partial charge is 0.243 e. The maximum absolute atomic E-state index is 13.1. The molecule has 30 heavy (non-hydrogen) atoms. The van der Waals surface area contributed by atoms with E-state index in [1.807, 2.05) is 31.3 Å². The Labute approximate surface area is 182 Å². The maximum Gasteiger partial charge on any atom is 0.243 e. The van der Waals surface area contributed by atoms with Gasteiger partial charge < -0.3 is 10.2 Å². The van der Waals surface area contributed by atoms with Crippen molar-refractivity contribution in [1.29, 1.82) is 0 Å². The molecule has 1 amide bonds. The van der Waals surface area contributed by atoms with Crippen LogP contribution in [0, 0.1) is 0 Å². The molecule has 2 aromatic carbocycles. The van der Waals surface area contributed by atoms with Crippen LogP contribution in [0.3, 0.4) is 0 Å². The van der Waals surface area contributed by atoms with Crippen molar-refractivity contribution in [3.8, 4) is 0 Å². The van der Waals surface area contributed by atoms with E-state index in [0.717, 1.165) is 37.9 Å². The molecule has 1 aliphatic heterocycles. The van der Waals surface area contributed by atoms with Crippen LogP contribution in [0.1, 0.15) is 24.8 Å². The van der Waals surface area contributed by atoms with E-state index >= 15 is 0 Å². The summed E-state index contributed by atoms with van der Waals surface area (Å²) in [5, 5.41) is 3.62. The normalized spacial score (nSPS) is 19.8. The van der Waals surface area contributed by atoms with Gasteiger partial charge in [0.1, 0.15) is 0 Å². The molecule has 4 rings (SSSR count). The molecule has 0 atom stereocenters. The predicted molar refractivity (Wildman–Crippen MR) is 118 cm³/mol. The minimum absolute atomic E-state index is 0.0641. The Morgan fingerprint density at radius 3 is 2.10 bits per heavy atom. The molecule has 1 N–H and O–H groups in total. The summed E-state index contributed by atoms with van der Waals surface area (Å²) >= 11 is 5.99. The molecule has 2 aliphatic rings. The number of halogens is 1. The van der Waals surface area contributed by atoms with E-state index in [4.69, 9.17) is 11.6 Å². The zero-order valence-electron chi connectivity index (χ0n) is 17.0. The van der Waals surface area contributed by atoms with Gasteiger partial charge in [-0.05, 0) is 61.9 Å². The first-order chi connectivity index (χ1) is 14.3. The van der Waals surface area contributed by atoms with Gasteiger partial charge >= 0.3 is 0 Å². The molecule has 160 valence electrons. The molecule has 6 nitrogen and oxygen atoms in total. The Bertz CT molecular complexity index is 1010. The summed E-state index contributed by atoms with van der Waals surface area (Å²) in [6.45, 7) is 2.42. The fourth-order valence-corrected chi connectivity index (χ4v) is 5.63. The van der Waals surface area contributed by atoms with Crippen molar-refractivity contribution in [1.82, 2.24) is 9.21 Å². The molecular formula is C22H26ClN3O3S. The molecule has 0 spiro atoms. The first kappa shape index (κ1) is 21.3. The average Bonchev–Trinajstić information content (AvgIpc) is 2.69.